The smallest absolute Gasteiger partial charge is 0.466 e. The van der Waals surface area contributed by atoms with Crippen LogP contribution in [0.25, 0.3) is 0 Å². The number of rotatable bonds is 9. The number of allylic oxidation sites excluding steroid dienone is 3. The summed E-state index contributed by atoms with van der Waals surface area (Å²) in [5, 5.41) is 24.4. The van der Waals surface area contributed by atoms with Gasteiger partial charge in [0.05, 0.1) is 37.1 Å². The number of aliphatic hydroxyl groups excluding tert-OH is 3. The van der Waals surface area contributed by atoms with E-state index in [1.807, 2.05) is 0 Å². The Balaban J connectivity index is -0.000000125. The summed E-state index contributed by atoms with van der Waals surface area (Å²) in [6.45, 7) is 16.9. The van der Waals surface area contributed by atoms with Crippen molar-refractivity contribution in [3.63, 3.8) is 0 Å². The first-order valence-electron chi connectivity index (χ1n) is 7.27. The number of hydrogen-bond donors (Lipinski definition) is 6. The Hall–Kier alpha value is -1.39. The summed E-state index contributed by atoms with van der Waals surface area (Å²) in [6, 6.07) is 0. The maximum atomic E-state index is 8.88. The van der Waals surface area contributed by atoms with Gasteiger partial charge in [-0.1, -0.05) is 19.7 Å². The van der Waals surface area contributed by atoms with Crippen LogP contribution in [0.1, 0.15) is 20.8 Å². The summed E-state index contributed by atoms with van der Waals surface area (Å²) in [5.74, 6) is 1.94. The highest BCUT2D eigenvalue weighted by Gasteiger charge is 2.00. The molecule has 0 aromatic rings. The third-order valence-electron chi connectivity index (χ3n) is 1.32. The molecule has 0 spiro atoms. The molecular weight excluding hydrogens is 371 g/mol. The zero-order valence-electron chi connectivity index (χ0n) is 15.6. The van der Waals surface area contributed by atoms with Crippen molar-refractivity contribution in [2.24, 2.45) is 0 Å². The van der Waals surface area contributed by atoms with Gasteiger partial charge in [0.25, 0.3) is 0 Å². The molecule has 0 aromatic heterocycles. The number of hydrogen-bond acceptors (Lipinski definition) is 7. The fourth-order valence-electron chi connectivity index (χ4n) is 0.660. The van der Waals surface area contributed by atoms with Crippen LogP contribution in [0, 0.1) is 0 Å². The van der Waals surface area contributed by atoms with Gasteiger partial charge in [-0.05, 0) is 20.8 Å². The molecule has 0 aliphatic carbocycles. The van der Waals surface area contributed by atoms with E-state index < -0.39 is 7.82 Å². The Morgan fingerprint density at radius 1 is 0.692 bits per heavy atom. The van der Waals surface area contributed by atoms with Gasteiger partial charge >= 0.3 is 7.82 Å². The molecule has 0 amide bonds. The molecule has 26 heavy (non-hydrogen) atoms. The minimum absolute atomic E-state index is 0.0624. The first-order chi connectivity index (χ1) is 11.8. The van der Waals surface area contributed by atoms with E-state index in [2.05, 4.69) is 19.7 Å². The minimum Gasteiger partial charge on any atom is -0.496 e. The van der Waals surface area contributed by atoms with Crippen LogP contribution < -0.4 is 0 Å². The van der Waals surface area contributed by atoms with Gasteiger partial charge in [0, 0.05) is 0 Å². The van der Waals surface area contributed by atoms with Crippen molar-refractivity contribution in [1.82, 2.24) is 0 Å². The highest BCUT2D eigenvalue weighted by molar-refractivity contribution is 7.45. The van der Waals surface area contributed by atoms with E-state index in [1.165, 1.54) is 0 Å². The summed E-state index contributed by atoms with van der Waals surface area (Å²) in [7, 11) is -4.64. The molecule has 6 N–H and O–H groups in total. The van der Waals surface area contributed by atoms with Crippen molar-refractivity contribution < 1.29 is 48.8 Å². The van der Waals surface area contributed by atoms with E-state index in [0.717, 1.165) is 0 Å². The molecule has 0 rings (SSSR count). The SMILES string of the molecule is C=C(C)OCCO.C=C(C)OCCO.C=C(C)OCCO.O=P(O)(O)O. The number of phosphoric acid groups is 1. The van der Waals surface area contributed by atoms with Crippen LogP contribution >= 0.6 is 7.82 Å². The molecule has 0 bridgehead atoms. The lowest BCUT2D eigenvalue weighted by Crippen LogP contribution is -1.95. The second-order valence-electron chi connectivity index (χ2n) is 4.34. The predicted molar refractivity (Wildman–Crippen MR) is 97.8 cm³/mol. The van der Waals surface area contributed by atoms with Crippen molar-refractivity contribution in [3.05, 3.63) is 37.0 Å². The van der Waals surface area contributed by atoms with Gasteiger partial charge in [-0.25, -0.2) is 4.57 Å². The van der Waals surface area contributed by atoms with Crippen molar-refractivity contribution in [3.8, 4) is 0 Å². The van der Waals surface area contributed by atoms with E-state index >= 15 is 0 Å². The lowest BCUT2D eigenvalue weighted by atomic mass is 10.6. The zero-order valence-corrected chi connectivity index (χ0v) is 16.5. The molecule has 0 saturated carbocycles. The molecule has 0 unspecified atom stereocenters. The van der Waals surface area contributed by atoms with Crippen LogP contribution in [0.5, 0.6) is 0 Å². The number of aliphatic hydroxyl groups is 3. The third-order valence-corrected chi connectivity index (χ3v) is 1.32. The Morgan fingerprint density at radius 3 is 0.885 bits per heavy atom. The monoisotopic (exact) mass is 404 g/mol. The fraction of sp³-hybridized carbons (Fsp3) is 0.600. The summed E-state index contributed by atoms with van der Waals surface area (Å²) < 4.78 is 23.1. The summed E-state index contributed by atoms with van der Waals surface area (Å²) in [6.07, 6.45) is 0. The van der Waals surface area contributed by atoms with Crippen LogP contribution in [-0.2, 0) is 18.8 Å². The second-order valence-corrected chi connectivity index (χ2v) is 5.36. The third kappa shape index (κ3) is 93.8. The van der Waals surface area contributed by atoms with Gasteiger partial charge in [-0.2, -0.15) is 0 Å². The van der Waals surface area contributed by atoms with Crippen LogP contribution in [0.3, 0.4) is 0 Å². The lowest BCUT2D eigenvalue weighted by Gasteiger charge is -1.98. The van der Waals surface area contributed by atoms with Crippen LogP contribution in [-0.4, -0.2) is 69.6 Å². The molecule has 11 heteroatoms. The standard InChI is InChI=1S/3C5H10O2.H3O4P/c3*1-5(2)7-4-3-6;1-5(2,3)4/h3*6H,1,3-4H2,2H3;(H3,1,2,3,4). The predicted octanol–water partition coefficient (Wildman–Crippen LogP) is 0.658. The highest BCUT2D eigenvalue weighted by Crippen LogP contribution is 2.25. The number of ether oxygens (including phenoxy) is 3. The molecule has 0 aromatic carbocycles. The van der Waals surface area contributed by atoms with Gasteiger partial charge in [0.2, 0.25) is 0 Å². The molecule has 0 saturated heterocycles. The zero-order chi connectivity index (χ0) is 21.6. The average molecular weight is 404 g/mol. The van der Waals surface area contributed by atoms with Crippen LogP contribution in [0.2, 0.25) is 0 Å². The molecule has 10 nitrogen and oxygen atoms in total. The Labute approximate surface area is 154 Å². The quantitative estimate of drug-likeness (QED) is 0.237. The fourth-order valence-corrected chi connectivity index (χ4v) is 0.660. The molecule has 0 aliphatic rings. The Kier molecular flexibility index (Phi) is 29.3. The van der Waals surface area contributed by atoms with Crippen molar-refractivity contribution in [2.45, 2.75) is 20.8 Å². The van der Waals surface area contributed by atoms with Crippen LogP contribution in [0.15, 0.2) is 37.0 Å². The second kappa shape index (κ2) is 23.6. The first kappa shape index (κ1) is 32.3. The van der Waals surface area contributed by atoms with Gasteiger partial charge in [0.1, 0.15) is 19.8 Å². The molecule has 158 valence electrons. The summed E-state index contributed by atoms with van der Waals surface area (Å²) in [4.78, 5) is 21.6. The molecule has 0 aliphatic heterocycles. The summed E-state index contributed by atoms with van der Waals surface area (Å²) in [5.41, 5.74) is 0. The maximum Gasteiger partial charge on any atom is 0.466 e. The van der Waals surface area contributed by atoms with Gasteiger partial charge < -0.3 is 44.2 Å². The molecule has 0 heterocycles. The molecule has 0 radical (unpaired) electrons. The highest BCUT2D eigenvalue weighted by atomic mass is 31.2. The van der Waals surface area contributed by atoms with Gasteiger partial charge in [-0.15, -0.1) is 0 Å². The van der Waals surface area contributed by atoms with E-state index in [9.17, 15) is 0 Å². The van der Waals surface area contributed by atoms with Crippen LogP contribution in [0.4, 0.5) is 0 Å². The largest absolute Gasteiger partial charge is 0.496 e. The topological polar surface area (TPSA) is 166 Å². The van der Waals surface area contributed by atoms with E-state index in [-0.39, 0.29) is 19.8 Å². The van der Waals surface area contributed by atoms with E-state index in [4.69, 9.17) is 48.8 Å². The Morgan fingerprint density at radius 2 is 0.846 bits per heavy atom. The Bertz CT molecular complexity index is 341. The van der Waals surface area contributed by atoms with Crippen molar-refractivity contribution >= 4 is 7.82 Å². The summed E-state index contributed by atoms with van der Waals surface area (Å²) >= 11 is 0. The van der Waals surface area contributed by atoms with Crippen molar-refractivity contribution in [1.29, 1.82) is 0 Å². The minimum atomic E-state index is -4.64. The normalized spacial score (nSPS) is 8.96. The molecule has 0 fully saturated rings. The van der Waals surface area contributed by atoms with Gasteiger partial charge in [-0.3, -0.25) is 0 Å². The van der Waals surface area contributed by atoms with Gasteiger partial charge in [0.15, 0.2) is 0 Å². The van der Waals surface area contributed by atoms with Crippen molar-refractivity contribution in [2.75, 3.05) is 39.6 Å². The maximum absolute atomic E-state index is 8.88. The molecular formula is C15H33O10P. The lowest BCUT2D eigenvalue weighted by molar-refractivity contribution is 0.147. The first-order valence-corrected chi connectivity index (χ1v) is 8.84. The van der Waals surface area contributed by atoms with E-state index in [1.54, 1.807) is 20.8 Å². The molecule has 0 atom stereocenters. The average Bonchev–Trinajstić information content (AvgIpc) is 2.48. The van der Waals surface area contributed by atoms with E-state index in [0.29, 0.717) is 37.1 Å².